The lowest BCUT2D eigenvalue weighted by Crippen LogP contribution is -2.24. The minimum Gasteiger partial charge on any atom is -0.497 e. The molecule has 154 valence electrons. The van der Waals surface area contributed by atoms with E-state index in [4.69, 9.17) is 14.0 Å². The summed E-state index contributed by atoms with van der Waals surface area (Å²) in [5.41, 5.74) is 3.35. The Labute approximate surface area is 173 Å². The largest absolute Gasteiger partial charge is 0.497 e. The molecule has 0 amide bonds. The second-order valence-corrected chi connectivity index (χ2v) is 6.88. The van der Waals surface area contributed by atoms with Gasteiger partial charge in [-0.2, -0.15) is 4.98 Å². The molecule has 4 aromatic rings. The number of methoxy groups -OCH3 is 2. The molecule has 8 heteroatoms. The molecule has 0 bridgehead atoms. The van der Waals surface area contributed by atoms with Gasteiger partial charge >= 0.3 is 0 Å². The van der Waals surface area contributed by atoms with Gasteiger partial charge in [0, 0.05) is 23.7 Å². The summed E-state index contributed by atoms with van der Waals surface area (Å²) < 4.78 is 17.8. The minimum atomic E-state index is -0.0640. The van der Waals surface area contributed by atoms with Crippen LogP contribution in [-0.2, 0) is 6.54 Å². The number of ether oxygens (including phenoxy) is 2. The number of benzene rings is 2. The SMILES string of the molecule is CCCn1c(=O)c(C)nc2cc(-c3noc(-c4cc(OC)cc(OC)c4)n3)ccc21. The fourth-order valence-electron chi connectivity index (χ4n) is 3.35. The molecule has 0 fully saturated rings. The molecule has 4 rings (SSSR count). The van der Waals surface area contributed by atoms with E-state index >= 15 is 0 Å². The van der Waals surface area contributed by atoms with Crippen LogP contribution in [0.2, 0.25) is 0 Å². The molecule has 0 atom stereocenters. The van der Waals surface area contributed by atoms with Crippen LogP contribution >= 0.6 is 0 Å². The van der Waals surface area contributed by atoms with Gasteiger partial charge in [0.2, 0.25) is 5.82 Å². The summed E-state index contributed by atoms with van der Waals surface area (Å²) in [6.07, 6.45) is 0.860. The first-order valence-corrected chi connectivity index (χ1v) is 9.62. The third kappa shape index (κ3) is 3.52. The maximum Gasteiger partial charge on any atom is 0.272 e. The predicted octanol–water partition coefficient (Wildman–Crippen LogP) is 3.85. The van der Waals surface area contributed by atoms with E-state index in [1.165, 1.54) is 0 Å². The van der Waals surface area contributed by atoms with Crippen molar-refractivity contribution in [1.82, 2.24) is 19.7 Å². The van der Waals surface area contributed by atoms with Gasteiger partial charge in [0.25, 0.3) is 11.4 Å². The van der Waals surface area contributed by atoms with Crippen molar-refractivity contribution in [2.75, 3.05) is 14.2 Å². The van der Waals surface area contributed by atoms with Crippen LogP contribution in [0.3, 0.4) is 0 Å². The van der Waals surface area contributed by atoms with E-state index in [0.717, 1.165) is 17.5 Å². The number of hydrogen-bond acceptors (Lipinski definition) is 7. The number of hydrogen-bond donors (Lipinski definition) is 0. The van der Waals surface area contributed by atoms with E-state index < -0.39 is 0 Å². The van der Waals surface area contributed by atoms with Crippen molar-refractivity contribution < 1.29 is 14.0 Å². The van der Waals surface area contributed by atoms with Crippen molar-refractivity contribution in [2.24, 2.45) is 0 Å². The quantitative estimate of drug-likeness (QED) is 0.480. The summed E-state index contributed by atoms with van der Waals surface area (Å²) in [4.78, 5) is 21.4. The van der Waals surface area contributed by atoms with Crippen LogP contribution in [0.25, 0.3) is 33.9 Å². The zero-order chi connectivity index (χ0) is 21.3. The highest BCUT2D eigenvalue weighted by atomic mass is 16.5. The Balaban J connectivity index is 1.77. The van der Waals surface area contributed by atoms with Crippen molar-refractivity contribution in [3.63, 3.8) is 0 Å². The smallest absolute Gasteiger partial charge is 0.272 e. The summed E-state index contributed by atoms with van der Waals surface area (Å²) in [7, 11) is 3.17. The molecule has 2 aromatic heterocycles. The molecule has 0 aliphatic heterocycles. The molecule has 0 aliphatic carbocycles. The van der Waals surface area contributed by atoms with Crippen LogP contribution in [0.15, 0.2) is 45.7 Å². The molecule has 8 nitrogen and oxygen atoms in total. The third-order valence-electron chi connectivity index (χ3n) is 4.84. The molecule has 0 aliphatic rings. The molecule has 0 unspecified atom stereocenters. The molecule has 0 saturated carbocycles. The third-order valence-corrected chi connectivity index (χ3v) is 4.84. The molecule has 2 aromatic carbocycles. The van der Waals surface area contributed by atoms with E-state index in [1.807, 2.05) is 25.1 Å². The van der Waals surface area contributed by atoms with Gasteiger partial charge in [-0.1, -0.05) is 12.1 Å². The summed E-state index contributed by atoms with van der Waals surface area (Å²) >= 11 is 0. The van der Waals surface area contributed by atoms with Gasteiger partial charge in [-0.15, -0.1) is 0 Å². The number of aromatic nitrogens is 4. The lowest BCUT2D eigenvalue weighted by atomic mass is 10.1. The fourth-order valence-corrected chi connectivity index (χ4v) is 3.35. The number of fused-ring (bicyclic) bond motifs is 1. The maximum atomic E-state index is 12.4. The Hall–Kier alpha value is -3.68. The summed E-state index contributed by atoms with van der Waals surface area (Å²) in [5.74, 6) is 2.04. The topological polar surface area (TPSA) is 92.3 Å². The van der Waals surface area contributed by atoms with E-state index in [9.17, 15) is 4.79 Å². The highest BCUT2D eigenvalue weighted by Crippen LogP contribution is 2.30. The van der Waals surface area contributed by atoms with Gasteiger partial charge in [0.15, 0.2) is 0 Å². The van der Waals surface area contributed by atoms with Crippen molar-refractivity contribution in [1.29, 1.82) is 0 Å². The highest BCUT2D eigenvalue weighted by molar-refractivity contribution is 5.80. The maximum absolute atomic E-state index is 12.4. The fraction of sp³-hybridized carbons (Fsp3) is 0.273. The molecule has 0 saturated heterocycles. The Kier molecular flexibility index (Phi) is 5.22. The zero-order valence-electron chi connectivity index (χ0n) is 17.3. The van der Waals surface area contributed by atoms with Crippen LogP contribution in [0, 0.1) is 6.92 Å². The lowest BCUT2D eigenvalue weighted by Gasteiger charge is -2.10. The Morgan fingerprint density at radius 2 is 1.73 bits per heavy atom. The van der Waals surface area contributed by atoms with Gasteiger partial charge in [-0.25, -0.2) is 4.98 Å². The first kappa shape index (κ1) is 19.6. The molecule has 0 radical (unpaired) electrons. The molecular formula is C22H22N4O4. The Bertz CT molecular complexity index is 1250. The zero-order valence-corrected chi connectivity index (χ0v) is 17.3. The van der Waals surface area contributed by atoms with Crippen molar-refractivity contribution in [2.45, 2.75) is 26.8 Å². The van der Waals surface area contributed by atoms with E-state index in [-0.39, 0.29) is 5.56 Å². The average molecular weight is 406 g/mol. The second kappa shape index (κ2) is 7.98. The van der Waals surface area contributed by atoms with Crippen LogP contribution in [0.5, 0.6) is 11.5 Å². The van der Waals surface area contributed by atoms with Crippen molar-refractivity contribution in [3.05, 3.63) is 52.4 Å². The molecular weight excluding hydrogens is 384 g/mol. The Morgan fingerprint density at radius 1 is 1.00 bits per heavy atom. The molecule has 2 heterocycles. The lowest BCUT2D eigenvalue weighted by molar-refractivity contribution is 0.393. The highest BCUT2D eigenvalue weighted by Gasteiger charge is 2.15. The second-order valence-electron chi connectivity index (χ2n) is 6.88. The van der Waals surface area contributed by atoms with Gasteiger partial charge in [0.1, 0.15) is 17.2 Å². The monoisotopic (exact) mass is 406 g/mol. The van der Waals surface area contributed by atoms with Crippen LogP contribution < -0.4 is 15.0 Å². The number of rotatable bonds is 6. The average Bonchev–Trinajstić information content (AvgIpc) is 3.26. The summed E-state index contributed by atoms with van der Waals surface area (Å²) in [6, 6.07) is 11.0. The first-order valence-electron chi connectivity index (χ1n) is 9.62. The van der Waals surface area contributed by atoms with Gasteiger partial charge < -0.3 is 18.6 Å². The van der Waals surface area contributed by atoms with Crippen molar-refractivity contribution in [3.8, 4) is 34.3 Å². The van der Waals surface area contributed by atoms with Gasteiger partial charge in [-0.3, -0.25) is 4.79 Å². The van der Waals surface area contributed by atoms with Crippen LogP contribution in [-0.4, -0.2) is 33.9 Å². The van der Waals surface area contributed by atoms with Crippen LogP contribution in [0.1, 0.15) is 19.0 Å². The van der Waals surface area contributed by atoms with Gasteiger partial charge in [0.05, 0.1) is 25.3 Å². The summed E-state index contributed by atoms with van der Waals surface area (Å²) in [6.45, 7) is 4.40. The summed E-state index contributed by atoms with van der Waals surface area (Å²) in [5, 5.41) is 4.12. The number of nitrogens with zero attached hydrogens (tertiary/aromatic N) is 4. The van der Waals surface area contributed by atoms with Crippen LogP contribution in [0.4, 0.5) is 0 Å². The van der Waals surface area contributed by atoms with E-state index in [0.29, 0.717) is 46.5 Å². The normalized spacial score (nSPS) is 11.1. The molecule has 0 spiro atoms. The van der Waals surface area contributed by atoms with E-state index in [2.05, 4.69) is 15.1 Å². The molecule has 0 N–H and O–H groups in total. The number of aryl methyl sites for hydroxylation is 2. The first-order chi connectivity index (χ1) is 14.5. The minimum absolute atomic E-state index is 0.0640. The van der Waals surface area contributed by atoms with Gasteiger partial charge in [-0.05, 0) is 43.7 Å². The Morgan fingerprint density at radius 3 is 2.40 bits per heavy atom. The van der Waals surface area contributed by atoms with Crippen molar-refractivity contribution >= 4 is 11.0 Å². The standard InChI is InChI=1S/C22H22N4O4/c1-5-8-26-19-7-6-14(11-18(19)23-13(2)22(26)27)20-24-21(30-25-20)15-9-16(28-3)12-17(10-15)29-4/h6-7,9-12H,5,8H2,1-4H3. The predicted molar refractivity (Wildman–Crippen MR) is 113 cm³/mol. The molecule has 30 heavy (non-hydrogen) atoms. The van der Waals surface area contributed by atoms with E-state index in [1.54, 1.807) is 43.9 Å².